The van der Waals surface area contributed by atoms with Gasteiger partial charge in [0.1, 0.15) is 0 Å². The quantitative estimate of drug-likeness (QED) is 0.279. The third kappa shape index (κ3) is 6.74. The Kier molecular flexibility index (Phi) is 8.80. The van der Waals surface area contributed by atoms with Crippen LogP contribution in [0.5, 0.6) is 0 Å². The van der Waals surface area contributed by atoms with Crippen LogP contribution in [0.15, 0.2) is 60.3 Å². The summed E-state index contributed by atoms with van der Waals surface area (Å²) in [5.41, 5.74) is 0.985. The second kappa shape index (κ2) is 11.6. The van der Waals surface area contributed by atoms with Gasteiger partial charge in [-0.25, -0.2) is 0 Å². The first-order valence-electron chi connectivity index (χ1n) is 9.76. The van der Waals surface area contributed by atoms with Crippen molar-refractivity contribution in [3.05, 3.63) is 81.6 Å². The van der Waals surface area contributed by atoms with Crippen molar-refractivity contribution < 1.29 is 9.59 Å². The van der Waals surface area contributed by atoms with Crippen LogP contribution in [-0.2, 0) is 11.3 Å². The van der Waals surface area contributed by atoms with Gasteiger partial charge in [-0.15, -0.1) is 16.8 Å². The van der Waals surface area contributed by atoms with E-state index in [1.807, 2.05) is 0 Å². The van der Waals surface area contributed by atoms with Gasteiger partial charge in [-0.3, -0.25) is 9.59 Å². The van der Waals surface area contributed by atoms with Crippen molar-refractivity contribution in [2.24, 2.45) is 0 Å². The predicted octanol–water partition coefficient (Wildman–Crippen LogP) is 5.65. The lowest BCUT2D eigenvalue weighted by Crippen LogP contribution is -2.28. The first-order chi connectivity index (χ1) is 15.8. The summed E-state index contributed by atoms with van der Waals surface area (Å²) < 4.78 is 1.80. The van der Waals surface area contributed by atoms with Crippen molar-refractivity contribution in [1.82, 2.24) is 20.1 Å². The zero-order valence-electron chi connectivity index (χ0n) is 17.5. The van der Waals surface area contributed by atoms with Crippen LogP contribution in [-0.4, -0.2) is 32.3 Å². The Hall–Kier alpha value is -2.52. The fourth-order valence-corrected chi connectivity index (χ4v) is 4.15. The van der Waals surface area contributed by atoms with Crippen molar-refractivity contribution in [2.45, 2.75) is 24.7 Å². The van der Waals surface area contributed by atoms with Crippen molar-refractivity contribution in [1.29, 1.82) is 0 Å². The molecule has 0 aliphatic rings. The molecule has 2 amide bonds. The van der Waals surface area contributed by atoms with Gasteiger partial charge < -0.3 is 15.2 Å². The summed E-state index contributed by atoms with van der Waals surface area (Å²) in [5, 5.41) is 15.8. The molecule has 1 heterocycles. The molecular formula is C22H20Cl3N5O2S. The molecule has 3 aromatic rings. The molecule has 1 atom stereocenters. The highest BCUT2D eigenvalue weighted by Crippen LogP contribution is 2.26. The molecule has 0 fully saturated rings. The Balaban J connectivity index is 1.66. The molecule has 0 spiro atoms. The number of carbonyl (C=O) groups excluding carboxylic acids is 2. The number of anilines is 1. The maximum absolute atomic E-state index is 12.6. The highest BCUT2D eigenvalue weighted by Gasteiger charge is 2.20. The van der Waals surface area contributed by atoms with Crippen molar-refractivity contribution in [2.75, 3.05) is 11.1 Å². The van der Waals surface area contributed by atoms with Gasteiger partial charge in [0.05, 0.1) is 21.8 Å². The lowest BCUT2D eigenvalue weighted by atomic mass is 10.2. The van der Waals surface area contributed by atoms with Gasteiger partial charge in [0.15, 0.2) is 11.0 Å². The van der Waals surface area contributed by atoms with Gasteiger partial charge in [-0.1, -0.05) is 58.7 Å². The van der Waals surface area contributed by atoms with E-state index < -0.39 is 6.04 Å². The molecule has 33 heavy (non-hydrogen) atoms. The molecule has 0 bridgehead atoms. The molecule has 1 unspecified atom stereocenters. The number of halogens is 3. The summed E-state index contributed by atoms with van der Waals surface area (Å²) in [6.45, 7) is 5.99. The molecule has 7 nitrogen and oxygen atoms in total. The van der Waals surface area contributed by atoms with E-state index in [2.05, 4.69) is 27.4 Å². The van der Waals surface area contributed by atoms with Gasteiger partial charge in [0.2, 0.25) is 5.91 Å². The van der Waals surface area contributed by atoms with E-state index in [0.717, 1.165) is 0 Å². The summed E-state index contributed by atoms with van der Waals surface area (Å²) in [6, 6.07) is 11.1. The number of rotatable bonds is 9. The van der Waals surface area contributed by atoms with Gasteiger partial charge in [0.25, 0.3) is 5.91 Å². The molecule has 0 saturated heterocycles. The fourth-order valence-electron chi connectivity index (χ4n) is 2.90. The molecule has 0 saturated carbocycles. The Bertz CT molecular complexity index is 1180. The summed E-state index contributed by atoms with van der Waals surface area (Å²) >= 11 is 19.1. The Morgan fingerprint density at radius 2 is 1.94 bits per heavy atom. The van der Waals surface area contributed by atoms with E-state index in [-0.39, 0.29) is 17.6 Å². The van der Waals surface area contributed by atoms with Crippen LogP contribution in [0.1, 0.15) is 29.1 Å². The van der Waals surface area contributed by atoms with E-state index in [1.165, 1.54) is 11.8 Å². The average molecular weight is 525 g/mol. The maximum Gasteiger partial charge on any atom is 0.251 e. The summed E-state index contributed by atoms with van der Waals surface area (Å²) in [4.78, 5) is 24.9. The number of aromatic nitrogens is 3. The maximum atomic E-state index is 12.6. The van der Waals surface area contributed by atoms with Crippen molar-refractivity contribution in [3.8, 4) is 0 Å². The summed E-state index contributed by atoms with van der Waals surface area (Å²) in [6.07, 6.45) is 1.69. The number of amides is 2. The van der Waals surface area contributed by atoms with Crippen LogP contribution in [0.3, 0.4) is 0 Å². The molecule has 0 radical (unpaired) electrons. The number of hydrogen-bond donors (Lipinski definition) is 2. The van der Waals surface area contributed by atoms with Crippen LogP contribution in [0.4, 0.5) is 5.69 Å². The fraction of sp³-hybridized carbons (Fsp3) is 0.182. The number of nitrogens with one attached hydrogen (secondary N) is 2. The second-order valence-corrected chi connectivity index (χ2v) is 9.10. The first-order valence-corrected chi connectivity index (χ1v) is 11.9. The standard InChI is InChI=1S/C22H20Cl3N5O2S/c1-3-9-30-20(13(2)26-21(32)14-5-4-6-15(23)10-14)28-29-22(30)33-12-19(31)27-16-7-8-17(24)18(25)11-16/h3-8,10-11,13H,1,9,12H2,2H3,(H,26,32)(H,27,31). The van der Waals surface area contributed by atoms with E-state index >= 15 is 0 Å². The molecule has 2 N–H and O–H groups in total. The number of benzene rings is 2. The minimum absolute atomic E-state index is 0.0960. The first kappa shape index (κ1) is 25.1. The smallest absolute Gasteiger partial charge is 0.251 e. The van der Waals surface area contributed by atoms with E-state index in [9.17, 15) is 9.59 Å². The number of hydrogen-bond acceptors (Lipinski definition) is 5. The van der Waals surface area contributed by atoms with Crippen molar-refractivity contribution in [3.63, 3.8) is 0 Å². The van der Waals surface area contributed by atoms with Crippen LogP contribution in [0, 0.1) is 0 Å². The minimum atomic E-state index is -0.441. The lowest BCUT2D eigenvalue weighted by Gasteiger charge is -2.15. The molecular weight excluding hydrogens is 505 g/mol. The summed E-state index contributed by atoms with van der Waals surface area (Å²) in [5.74, 6) is 0.111. The zero-order chi connectivity index (χ0) is 24.0. The van der Waals surface area contributed by atoms with Gasteiger partial charge in [-0.2, -0.15) is 0 Å². The highest BCUT2D eigenvalue weighted by molar-refractivity contribution is 7.99. The molecule has 11 heteroatoms. The topological polar surface area (TPSA) is 88.9 Å². The molecule has 172 valence electrons. The number of carbonyl (C=O) groups is 2. The Morgan fingerprint density at radius 3 is 2.64 bits per heavy atom. The Morgan fingerprint density at radius 1 is 1.15 bits per heavy atom. The number of thioether (sulfide) groups is 1. The van der Waals surface area contributed by atoms with Crippen LogP contribution < -0.4 is 10.6 Å². The van der Waals surface area contributed by atoms with E-state index in [1.54, 1.807) is 60.0 Å². The normalized spacial score (nSPS) is 11.6. The van der Waals surface area contributed by atoms with Crippen LogP contribution >= 0.6 is 46.6 Å². The molecule has 1 aromatic heterocycles. The van der Waals surface area contributed by atoms with Crippen molar-refractivity contribution >= 4 is 64.1 Å². The number of nitrogens with zero attached hydrogens (tertiary/aromatic N) is 3. The SMILES string of the molecule is C=CCn1c(SCC(=O)Nc2ccc(Cl)c(Cl)c2)nnc1C(C)NC(=O)c1cccc(Cl)c1. The number of allylic oxidation sites excluding steroid dienone is 1. The van der Waals surface area contributed by atoms with E-state index in [4.69, 9.17) is 34.8 Å². The van der Waals surface area contributed by atoms with Crippen LogP contribution in [0.2, 0.25) is 15.1 Å². The minimum Gasteiger partial charge on any atom is -0.342 e. The molecule has 3 rings (SSSR count). The molecule has 0 aliphatic carbocycles. The lowest BCUT2D eigenvalue weighted by molar-refractivity contribution is -0.113. The van der Waals surface area contributed by atoms with Crippen LogP contribution in [0.25, 0.3) is 0 Å². The van der Waals surface area contributed by atoms with Gasteiger partial charge in [0, 0.05) is 22.8 Å². The third-order valence-corrected chi connectivity index (χ3v) is 6.36. The van der Waals surface area contributed by atoms with Gasteiger partial charge in [-0.05, 0) is 43.3 Å². The zero-order valence-corrected chi connectivity index (χ0v) is 20.6. The van der Waals surface area contributed by atoms with Gasteiger partial charge >= 0.3 is 0 Å². The highest BCUT2D eigenvalue weighted by atomic mass is 35.5. The largest absolute Gasteiger partial charge is 0.342 e. The summed E-state index contributed by atoms with van der Waals surface area (Å²) in [7, 11) is 0. The van der Waals surface area contributed by atoms with E-state index in [0.29, 0.717) is 43.8 Å². The average Bonchev–Trinajstić information content (AvgIpc) is 3.18. The molecule has 0 aliphatic heterocycles. The molecule has 2 aromatic carbocycles. The monoisotopic (exact) mass is 523 g/mol. The third-order valence-electron chi connectivity index (χ3n) is 4.41. The Labute approximate surface area is 210 Å². The second-order valence-electron chi connectivity index (χ2n) is 6.91. The predicted molar refractivity (Wildman–Crippen MR) is 133 cm³/mol.